The molecule has 2 heterocycles. The van der Waals surface area contributed by atoms with E-state index in [1.54, 1.807) is 6.33 Å². The van der Waals surface area contributed by atoms with E-state index in [9.17, 15) is 0 Å². The van der Waals surface area contributed by atoms with Crippen molar-refractivity contribution >= 4 is 11.6 Å². The highest BCUT2D eigenvalue weighted by Gasteiger charge is 2.12. The zero-order chi connectivity index (χ0) is 14.5. The Balaban J connectivity index is 2.17. The lowest BCUT2D eigenvalue weighted by Gasteiger charge is -2.21. The number of anilines is 2. The van der Waals surface area contributed by atoms with Crippen molar-refractivity contribution in [2.45, 2.75) is 26.8 Å². The molecule has 0 atom stereocenters. The van der Waals surface area contributed by atoms with Gasteiger partial charge in [-0.15, -0.1) is 0 Å². The minimum absolute atomic E-state index is 0.717. The molecule has 0 aromatic carbocycles. The van der Waals surface area contributed by atoms with E-state index in [0.717, 1.165) is 36.0 Å². The van der Waals surface area contributed by atoms with Crippen LogP contribution in [-0.4, -0.2) is 33.1 Å². The van der Waals surface area contributed by atoms with Crippen LogP contribution in [0.1, 0.15) is 24.7 Å². The molecular formula is C14H22N6. The fourth-order valence-electron chi connectivity index (χ4n) is 2.08. The van der Waals surface area contributed by atoms with Gasteiger partial charge in [-0.1, -0.05) is 6.92 Å². The number of nitrogens with one attached hydrogen (secondary N) is 1. The second kappa shape index (κ2) is 6.36. The van der Waals surface area contributed by atoms with Crippen molar-refractivity contribution in [3.63, 3.8) is 0 Å². The maximum atomic E-state index is 4.39. The summed E-state index contributed by atoms with van der Waals surface area (Å²) in [5, 5.41) is 3.33. The summed E-state index contributed by atoms with van der Waals surface area (Å²) in [5.41, 5.74) is 1.07. The van der Waals surface area contributed by atoms with Crippen molar-refractivity contribution in [3.8, 4) is 0 Å². The molecule has 0 spiro atoms. The summed E-state index contributed by atoms with van der Waals surface area (Å²) in [5.74, 6) is 2.85. The highest BCUT2D eigenvalue weighted by atomic mass is 15.2. The zero-order valence-corrected chi connectivity index (χ0v) is 12.6. The molecule has 1 N–H and O–H groups in total. The van der Waals surface area contributed by atoms with E-state index in [1.165, 1.54) is 0 Å². The Bertz CT molecular complexity index is 563. The highest BCUT2D eigenvalue weighted by molar-refractivity contribution is 5.57. The Hall–Kier alpha value is -2.11. The van der Waals surface area contributed by atoms with Gasteiger partial charge in [-0.2, -0.15) is 0 Å². The lowest BCUT2D eigenvalue weighted by Crippen LogP contribution is -2.22. The van der Waals surface area contributed by atoms with E-state index in [4.69, 9.17) is 0 Å². The van der Waals surface area contributed by atoms with Gasteiger partial charge in [0.25, 0.3) is 0 Å². The molecule has 0 aliphatic carbocycles. The largest absolute Gasteiger partial charge is 0.370 e. The van der Waals surface area contributed by atoms with Crippen molar-refractivity contribution in [1.29, 1.82) is 0 Å². The van der Waals surface area contributed by atoms with Crippen LogP contribution in [0.3, 0.4) is 0 Å². The summed E-state index contributed by atoms with van der Waals surface area (Å²) < 4.78 is 2.02. The third-order valence-electron chi connectivity index (χ3n) is 3.26. The number of aromatic nitrogens is 4. The fourth-order valence-corrected chi connectivity index (χ4v) is 2.08. The second-order valence-corrected chi connectivity index (χ2v) is 4.91. The van der Waals surface area contributed by atoms with Gasteiger partial charge in [0.15, 0.2) is 0 Å². The molecule has 2 rings (SSSR count). The van der Waals surface area contributed by atoms with Gasteiger partial charge in [0.2, 0.25) is 0 Å². The van der Waals surface area contributed by atoms with Gasteiger partial charge < -0.3 is 14.8 Å². The molecular weight excluding hydrogens is 252 g/mol. The van der Waals surface area contributed by atoms with Gasteiger partial charge in [0, 0.05) is 38.6 Å². The minimum atomic E-state index is 0.717. The normalized spacial score (nSPS) is 10.6. The summed E-state index contributed by atoms with van der Waals surface area (Å²) in [6, 6.07) is 0. The summed E-state index contributed by atoms with van der Waals surface area (Å²) in [7, 11) is 4.02. The molecule has 0 aliphatic rings. The molecule has 2 aromatic rings. The molecule has 6 heteroatoms. The first kappa shape index (κ1) is 14.3. The fraction of sp³-hybridized carbons (Fsp3) is 0.500. The molecule has 6 nitrogen and oxygen atoms in total. The molecule has 20 heavy (non-hydrogen) atoms. The molecule has 0 radical (unpaired) electrons. The molecule has 0 bridgehead atoms. The van der Waals surface area contributed by atoms with E-state index in [1.807, 2.05) is 38.0 Å². The number of aryl methyl sites for hydroxylation is 1. The molecule has 108 valence electrons. The van der Waals surface area contributed by atoms with Crippen molar-refractivity contribution in [3.05, 3.63) is 30.1 Å². The Morgan fingerprint density at radius 1 is 1.30 bits per heavy atom. The third-order valence-corrected chi connectivity index (χ3v) is 3.26. The maximum Gasteiger partial charge on any atom is 0.137 e. The van der Waals surface area contributed by atoms with Crippen LogP contribution >= 0.6 is 0 Å². The quantitative estimate of drug-likeness (QED) is 0.873. The smallest absolute Gasteiger partial charge is 0.137 e. The number of nitrogens with zero attached hydrogens (tertiary/aromatic N) is 5. The molecule has 0 saturated carbocycles. The van der Waals surface area contributed by atoms with Gasteiger partial charge in [-0.05, 0) is 13.3 Å². The molecule has 0 aliphatic heterocycles. The highest BCUT2D eigenvalue weighted by Crippen LogP contribution is 2.22. The summed E-state index contributed by atoms with van der Waals surface area (Å²) in [6.45, 7) is 5.81. The van der Waals surface area contributed by atoms with Crippen LogP contribution in [0.15, 0.2) is 18.7 Å². The number of hydrogen-bond donors (Lipinski definition) is 1. The lowest BCUT2D eigenvalue weighted by atomic mass is 10.3. The zero-order valence-electron chi connectivity index (χ0n) is 12.6. The van der Waals surface area contributed by atoms with E-state index in [-0.39, 0.29) is 0 Å². The van der Waals surface area contributed by atoms with E-state index >= 15 is 0 Å². The van der Waals surface area contributed by atoms with Crippen molar-refractivity contribution in [2.24, 2.45) is 7.05 Å². The molecule has 2 aromatic heterocycles. The Morgan fingerprint density at radius 3 is 2.75 bits per heavy atom. The molecule has 0 saturated heterocycles. The molecule has 0 fully saturated rings. The van der Waals surface area contributed by atoms with Gasteiger partial charge in [0.1, 0.15) is 23.8 Å². The van der Waals surface area contributed by atoms with Crippen LogP contribution in [0.5, 0.6) is 0 Å². The van der Waals surface area contributed by atoms with Crippen LogP contribution < -0.4 is 10.2 Å². The van der Waals surface area contributed by atoms with Crippen LogP contribution in [0.2, 0.25) is 0 Å². The van der Waals surface area contributed by atoms with Gasteiger partial charge in [0.05, 0.1) is 6.54 Å². The van der Waals surface area contributed by atoms with E-state index in [0.29, 0.717) is 6.54 Å². The van der Waals surface area contributed by atoms with Gasteiger partial charge >= 0.3 is 0 Å². The topological polar surface area (TPSA) is 58.9 Å². The third kappa shape index (κ3) is 3.07. The molecule has 0 unspecified atom stereocenters. The monoisotopic (exact) mass is 274 g/mol. The first-order chi connectivity index (χ1) is 9.63. The first-order valence-electron chi connectivity index (χ1n) is 6.86. The van der Waals surface area contributed by atoms with Gasteiger partial charge in [-0.3, -0.25) is 0 Å². The Labute approximate surface area is 119 Å². The minimum Gasteiger partial charge on any atom is -0.370 e. The Morgan fingerprint density at radius 2 is 2.10 bits per heavy atom. The number of hydrogen-bond acceptors (Lipinski definition) is 5. The number of rotatable bonds is 6. The predicted molar refractivity (Wildman–Crippen MR) is 80.9 cm³/mol. The van der Waals surface area contributed by atoms with Crippen LogP contribution in [0.4, 0.5) is 11.6 Å². The summed E-state index contributed by atoms with van der Waals surface area (Å²) in [4.78, 5) is 15.1. The van der Waals surface area contributed by atoms with Crippen molar-refractivity contribution in [1.82, 2.24) is 19.5 Å². The van der Waals surface area contributed by atoms with Gasteiger partial charge in [-0.25, -0.2) is 15.0 Å². The summed E-state index contributed by atoms with van der Waals surface area (Å²) in [6.07, 6.45) is 6.44. The summed E-state index contributed by atoms with van der Waals surface area (Å²) >= 11 is 0. The first-order valence-corrected chi connectivity index (χ1v) is 6.86. The maximum absolute atomic E-state index is 4.39. The van der Waals surface area contributed by atoms with E-state index < -0.39 is 0 Å². The average Bonchev–Trinajstić information content (AvgIpc) is 2.83. The van der Waals surface area contributed by atoms with Crippen LogP contribution in [0, 0.1) is 6.92 Å². The van der Waals surface area contributed by atoms with E-state index in [2.05, 4.69) is 32.1 Å². The van der Waals surface area contributed by atoms with Crippen molar-refractivity contribution in [2.75, 3.05) is 23.8 Å². The standard InChI is InChI=1S/C14H22N6/c1-5-6-16-13-11(2)14(18-10-17-13)20(4)9-12-15-7-8-19(12)3/h7-8,10H,5-6,9H2,1-4H3,(H,16,17,18). The Kier molecular flexibility index (Phi) is 4.55. The lowest BCUT2D eigenvalue weighted by molar-refractivity contribution is 0.752. The van der Waals surface area contributed by atoms with Crippen LogP contribution in [-0.2, 0) is 13.6 Å². The number of imidazole rings is 1. The average molecular weight is 274 g/mol. The van der Waals surface area contributed by atoms with Crippen molar-refractivity contribution < 1.29 is 0 Å². The molecule has 0 amide bonds. The van der Waals surface area contributed by atoms with Crippen LogP contribution in [0.25, 0.3) is 0 Å². The second-order valence-electron chi connectivity index (χ2n) is 4.91. The predicted octanol–water partition coefficient (Wildman–Crippen LogP) is 1.98. The SMILES string of the molecule is CCCNc1ncnc(N(C)Cc2nccn2C)c1C.